The zero-order valence-electron chi connectivity index (χ0n) is 14.4. The van der Waals surface area contributed by atoms with E-state index in [0.717, 1.165) is 4.90 Å². The van der Waals surface area contributed by atoms with Crippen LogP contribution in [0.1, 0.15) is 43.1 Å². The molecule has 27 heavy (non-hydrogen) atoms. The second kappa shape index (κ2) is 7.32. The van der Waals surface area contributed by atoms with E-state index in [2.05, 4.69) is 21.2 Å². The van der Waals surface area contributed by atoms with Crippen LogP contribution in [0.2, 0.25) is 0 Å². The van der Waals surface area contributed by atoms with Gasteiger partial charge in [0.1, 0.15) is 0 Å². The number of nitrogens with zero attached hydrogens (tertiary/aromatic N) is 1. The number of nitrogens with two attached hydrogens (primary N) is 1. The van der Waals surface area contributed by atoms with Crippen LogP contribution in [0, 0.1) is 6.92 Å². The number of benzene rings is 2. The van der Waals surface area contributed by atoms with Gasteiger partial charge in [-0.25, -0.2) is 0 Å². The minimum Gasteiger partial charge on any atom is -0.366 e. The van der Waals surface area contributed by atoms with Crippen molar-refractivity contribution < 1.29 is 19.2 Å². The number of carbonyl (C=O) groups excluding carboxylic acids is 4. The number of primary amides is 1. The zero-order valence-corrected chi connectivity index (χ0v) is 16.0. The van der Waals surface area contributed by atoms with Gasteiger partial charge in [-0.15, -0.1) is 0 Å². The Bertz CT molecular complexity index is 987. The van der Waals surface area contributed by atoms with E-state index in [1.54, 1.807) is 37.3 Å². The van der Waals surface area contributed by atoms with Gasteiger partial charge in [-0.05, 0) is 48.9 Å². The Morgan fingerprint density at radius 3 is 2.44 bits per heavy atom. The third-order valence-corrected chi connectivity index (χ3v) is 4.76. The fourth-order valence-corrected chi connectivity index (χ4v) is 3.28. The highest BCUT2D eigenvalue weighted by molar-refractivity contribution is 9.10. The topological polar surface area (TPSA) is 110 Å². The van der Waals surface area contributed by atoms with Crippen molar-refractivity contribution in [3.63, 3.8) is 0 Å². The highest BCUT2D eigenvalue weighted by Crippen LogP contribution is 2.26. The fraction of sp³-hybridized carbons (Fsp3) is 0.158. The van der Waals surface area contributed by atoms with Crippen molar-refractivity contribution in [3.8, 4) is 0 Å². The average molecular weight is 430 g/mol. The normalized spacial score (nSPS) is 12.9. The molecule has 0 saturated carbocycles. The summed E-state index contributed by atoms with van der Waals surface area (Å²) in [5.41, 5.74) is 7.45. The van der Waals surface area contributed by atoms with Crippen LogP contribution in [0.5, 0.6) is 0 Å². The number of halogens is 1. The molecule has 1 aliphatic rings. The number of hydrogen-bond acceptors (Lipinski definition) is 4. The molecule has 3 N–H and O–H groups in total. The molecule has 0 saturated heterocycles. The number of fused-ring (bicyclic) bond motifs is 1. The molecule has 0 radical (unpaired) electrons. The van der Waals surface area contributed by atoms with Gasteiger partial charge in [-0.3, -0.25) is 24.1 Å². The van der Waals surface area contributed by atoms with E-state index in [4.69, 9.17) is 5.73 Å². The molecule has 0 fully saturated rings. The van der Waals surface area contributed by atoms with Crippen LogP contribution in [0.3, 0.4) is 0 Å². The highest BCUT2D eigenvalue weighted by atomic mass is 79.9. The van der Waals surface area contributed by atoms with Gasteiger partial charge >= 0.3 is 0 Å². The van der Waals surface area contributed by atoms with Gasteiger partial charge in [0.2, 0.25) is 11.8 Å². The third kappa shape index (κ3) is 3.75. The molecule has 0 aromatic heterocycles. The van der Waals surface area contributed by atoms with Crippen molar-refractivity contribution in [2.24, 2.45) is 5.73 Å². The zero-order chi connectivity index (χ0) is 19.7. The Hall–Kier alpha value is -3.00. The van der Waals surface area contributed by atoms with E-state index in [0.29, 0.717) is 32.4 Å². The number of carbonyl (C=O) groups is 4. The molecular formula is C19H16BrN3O4. The third-order valence-electron chi connectivity index (χ3n) is 4.27. The molecule has 0 spiro atoms. The Kier molecular flexibility index (Phi) is 5.09. The SMILES string of the molecule is Cc1cc(NC(=O)CCN2C(=O)c3ccc(Br)cc3C2=O)ccc1C(N)=O. The average Bonchev–Trinajstić information content (AvgIpc) is 2.83. The van der Waals surface area contributed by atoms with Gasteiger partial charge in [-0.2, -0.15) is 0 Å². The molecule has 2 aromatic rings. The summed E-state index contributed by atoms with van der Waals surface area (Å²) in [4.78, 5) is 49.2. The predicted octanol–water partition coefficient (Wildman–Crippen LogP) is 2.48. The summed E-state index contributed by atoms with van der Waals surface area (Å²) in [7, 11) is 0. The molecular weight excluding hydrogens is 414 g/mol. The monoisotopic (exact) mass is 429 g/mol. The van der Waals surface area contributed by atoms with Crippen molar-refractivity contribution in [3.05, 3.63) is 63.1 Å². The number of hydrogen-bond donors (Lipinski definition) is 2. The minimum atomic E-state index is -0.539. The van der Waals surface area contributed by atoms with Gasteiger partial charge in [0, 0.05) is 28.7 Å². The van der Waals surface area contributed by atoms with Gasteiger partial charge in [0.05, 0.1) is 11.1 Å². The van der Waals surface area contributed by atoms with Crippen LogP contribution in [-0.2, 0) is 4.79 Å². The summed E-state index contributed by atoms with van der Waals surface area (Å²) in [5.74, 6) is -1.70. The highest BCUT2D eigenvalue weighted by Gasteiger charge is 2.35. The van der Waals surface area contributed by atoms with Crippen molar-refractivity contribution in [1.82, 2.24) is 4.90 Å². The summed E-state index contributed by atoms with van der Waals surface area (Å²) < 4.78 is 0.705. The molecule has 1 aliphatic heterocycles. The molecule has 8 heteroatoms. The number of aryl methyl sites for hydroxylation is 1. The van der Waals surface area contributed by atoms with E-state index in [-0.39, 0.29) is 18.9 Å². The smallest absolute Gasteiger partial charge is 0.261 e. The predicted molar refractivity (Wildman–Crippen MR) is 102 cm³/mol. The summed E-state index contributed by atoms with van der Waals surface area (Å²) in [5, 5.41) is 2.68. The number of rotatable bonds is 5. The van der Waals surface area contributed by atoms with Crippen LogP contribution in [-0.4, -0.2) is 35.1 Å². The molecule has 138 valence electrons. The summed E-state index contributed by atoms with van der Waals surface area (Å²) >= 11 is 3.28. The number of amides is 4. The standard InChI is InChI=1S/C19H16BrN3O4/c1-10-8-12(3-5-13(10)17(21)25)22-16(24)6-7-23-18(26)14-4-2-11(20)9-15(14)19(23)27/h2-5,8-9H,6-7H2,1H3,(H2,21,25)(H,22,24). The first-order valence-electron chi connectivity index (χ1n) is 8.14. The summed E-state index contributed by atoms with van der Waals surface area (Å²) in [6, 6.07) is 9.62. The second-order valence-electron chi connectivity index (χ2n) is 6.14. The molecule has 4 amide bonds. The number of nitrogens with one attached hydrogen (secondary N) is 1. The molecule has 0 aliphatic carbocycles. The van der Waals surface area contributed by atoms with E-state index >= 15 is 0 Å². The molecule has 0 bridgehead atoms. The molecule has 2 aromatic carbocycles. The van der Waals surface area contributed by atoms with Crippen molar-refractivity contribution in [1.29, 1.82) is 0 Å². The lowest BCUT2D eigenvalue weighted by Gasteiger charge is -2.14. The van der Waals surface area contributed by atoms with Gasteiger partial charge in [0.25, 0.3) is 11.8 Å². The maximum atomic E-state index is 12.4. The molecule has 0 unspecified atom stereocenters. The van der Waals surface area contributed by atoms with Crippen molar-refractivity contribution >= 4 is 45.2 Å². The van der Waals surface area contributed by atoms with Crippen LogP contribution in [0.4, 0.5) is 5.69 Å². The largest absolute Gasteiger partial charge is 0.366 e. The van der Waals surface area contributed by atoms with E-state index in [1.165, 1.54) is 6.07 Å². The van der Waals surface area contributed by atoms with Crippen LogP contribution < -0.4 is 11.1 Å². The lowest BCUT2D eigenvalue weighted by Crippen LogP contribution is -2.32. The summed E-state index contributed by atoms with van der Waals surface area (Å²) in [6.07, 6.45) is -0.0384. The number of anilines is 1. The van der Waals surface area contributed by atoms with Gasteiger partial charge in [-0.1, -0.05) is 15.9 Å². The van der Waals surface area contributed by atoms with Crippen molar-refractivity contribution in [2.45, 2.75) is 13.3 Å². The molecule has 0 atom stereocenters. The van der Waals surface area contributed by atoms with E-state index in [1.807, 2.05) is 0 Å². The summed E-state index contributed by atoms with van der Waals surface area (Å²) in [6.45, 7) is 1.70. The first-order valence-corrected chi connectivity index (χ1v) is 8.93. The molecule has 1 heterocycles. The Labute approximate surface area is 163 Å². The second-order valence-corrected chi connectivity index (χ2v) is 7.06. The first kappa shape index (κ1) is 18.8. The maximum absolute atomic E-state index is 12.4. The Morgan fingerprint density at radius 2 is 1.78 bits per heavy atom. The van der Waals surface area contributed by atoms with Crippen molar-refractivity contribution in [2.75, 3.05) is 11.9 Å². The minimum absolute atomic E-state index is 0.0197. The Balaban J connectivity index is 1.63. The maximum Gasteiger partial charge on any atom is 0.261 e. The number of imide groups is 1. The van der Waals surface area contributed by atoms with Crippen LogP contribution in [0.25, 0.3) is 0 Å². The quantitative estimate of drug-likeness (QED) is 0.711. The lowest BCUT2D eigenvalue weighted by molar-refractivity contribution is -0.116. The van der Waals surface area contributed by atoms with Gasteiger partial charge < -0.3 is 11.1 Å². The van der Waals surface area contributed by atoms with Crippen LogP contribution >= 0.6 is 15.9 Å². The van der Waals surface area contributed by atoms with E-state index < -0.39 is 17.7 Å². The molecule has 3 rings (SSSR count). The first-order chi connectivity index (χ1) is 12.8. The Morgan fingerprint density at radius 1 is 1.07 bits per heavy atom. The van der Waals surface area contributed by atoms with Crippen LogP contribution in [0.15, 0.2) is 40.9 Å². The lowest BCUT2D eigenvalue weighted by atomic mass is 10.1. The van der Waals surface area contributed by atoms with Gasteiger partial charge in [0.15, 0.2) is 0 Å². The van der Waals surface area contributed by atoms with E-state index in [9.17, 15) is 19.2 Å². The molecule has 7 nitrogen and oxygen atoms in total. The fourth-order valence-electron chi connectivity index (χ4n) is 2.92.